The lowest BCUT2D eigenvalue weighted by atomic mass is 10.3. The normalized spacial score (nSPS) is 12.5. The molecule has 0 aliphatic rings. The number of H-pyrrole nitrogens is 1. The molecular weight excluding hydrogens is 186 g/mol. The Hall–Kier alpha value is -1.79. The number of hydrogen-bond acceptors (Lipinski definition) is 2. The van der Waals surface area contributed by atoms with Gasteiger partial charge in [-0.1, -0.05) is 18.1 Å². The van der Waals surface area contributed by atoms with Crippen molar-refractivity contribution < 1.29 is 0 Å². The molecule has 2 aromatic rings. The second kappa shape index (κ2) is 4.16. The van der Waals surface area contributed by atoms with Gasteiger partial charge in [-0.25, -0.2) is 4.98 Å². The molecule has 1 atom stereocenters. The van der Waals surface area contributed by atoms with E-state index in [1.54, 1.807) is 0 Å². The maximum absolute atomic E-state index is 5.19. The molecule has 1 aromatic carbocycles. The minimum atomic E-state index is 0.147. The van der Waals surface area contributed by atoms with Gasteiger partial charge in [-0.05, 0) is 19.1 Å². The number of aromatic amines is 1. The maximum Gasteiger partial charge on any atom is 0.124 e. The summed E-state index contributed by atoms with van der Waals surface area (Å²) >= 11 is 0. The fourth-order valence-corrected chi connectivity index (χ4v) is 1.49. The summed E-state index contributed by atoms with van der Waals surface area (Å²) in [4.78, 5) is 7.74. The van der Waals surface area contributed by atoms with E-state index >= 15 is 0 Å². The third-order valence-corrected chi connectivity index (χ3v) is 2.33. The summed E-state index contributed by atoms with van der Waals surface area (Å²) in [5, 5.41) is 3.18. The number of fused-ring (bicyclic) bond motifs is 1. The molecule has 1 unspecified atom stereocenters. The number of nitrogens with zero attached hydrogens (tertiary/aromatic N) is 1. The molecule has 2 rings (SSSR count). The molecule has 0 radical (unpaired) electrons. The Kier molecular flexibility index (Phi) is 2.70. The lowest BCUT2D eigenvalue weighted by molar-refractivity contribution is 0.595. The largest absolute Gasteiger partial charge is 0.341 e. The monoisotopic (exact) mass is 199 g/mol. The van der Waals surface area contributed by atoms with Crippen LogP contribution in [0.2, 0.25) is 0 Å². The Balaban J connectivity index is 2.25. The van der Waals surface area contributed by atoms with E-state index in [1.807, 2.05) is 31.2 Å². The van der Waals surface area contributed by atoms with Crippen molar-refractivity contribution in [2.45, 2.75) is 13.0 Å². The van der Waals surface area contributed by atoms with Crippen LogP contribution in [0.15, 0.2) is 24.3 Å². The molecule has 0 saturated carbocycles. The Labute approximate surface area is 88.9 Å². The molecule has 0 bridgehead atoms. The first-order valence-corrected chi connectivity index (χ1v) is 4.93. The molecule has 0 spiro atoms. The van der Waals surface area contributed by atoms with Crippen molar-refractivity contribution in [1.82, 2.24) is 15.3 Å². The minimum Gasteiger partial charge on any atom is -0.341 e. The van der Waals surface area contributed by atoms with Crippen LogP contribution >= 0.6 is 0 Å². The van der Waals surface area contributed by atoms with Crippen molar-refractivity contribution in [3.8, 4) is 12.3 Å². The zero-order valence-corrected chi connectivity index (χ0v) is 8.62. The number of benzene rings is 1. The summed E-state index contributed by atoms with van der Waals surface area (Å²) in [7, 11) is 0. The summed E-state index contributed by atoms with van der Waals surface area (Å²) in [6.45, 7) is 2.59. The van der Waals surface area contributed by atoms with Crippen LogP contribution in [0.25, 0.3) is 11.0 Å². The van der Waals surface area contributed by atoms with E-state index in [9.17, 15) is 0 Å². The highest BCUT2D eigenvalue weighted by Crippen LogP contribution is 2.14. The van der Waals surface area contributed by atoms with E-state index in [0.29, 0.717) is 6.54 Å². The molecule has 3 heteroatoms. The zero-order valence-electron chi connectivity index (χ0n) is 8.62. The summed E-state index contributed by atoms with van der Waals surface area (Å²) in [6, 6.07) is 8.12. The second-order valence-electron chi connectivity index (χ2n) is 3.45. The topological polar surface area (TPSA) is 40.7 Å². The molecule has 0 aliphatic heterocycles. The van der Waals surface area contributed by atoms with Gasteiger partial charge in [-0.15, -0.1) is 6.42 Å². The van der Waals surface area contributed by atoms with Crippen LogP contribution in [0, 0.1) is 12.3 Å². The smallest absolute Gasteiger partial charge is 0.124 e. The van der Waals surface area contributed by atoms with Crippen molar-refractivity contribution in [3.05, 3.63) is 30.1 Å². The first-order chi connectivity index (χ1) is 7.31. The Morgan fingerprint density at radius 2 is 2.33 bits per heavy atom. The summed E-state index contributed by atoms with van der Waals surface area (Å²) in [5.74, 6) is 3.47. The molecule has 0 saturated heterocycles. The fraction of sp³-hybridized carbons (Fsp3) is 0.250. The van der Waals surface area contributed by atoms with Crippen molar-refractivity contribution >= 4 is 11.0 Å². The van der Waals surface area contributed by atoms with Crippen molar-refractivity contribution in [2.75, 3.05) is 6.54 Å². The van der Waals surface area contributed by atoms with E-state index in [2.05, 4.69) is 21.2 Å². The third-order valence-electron chi connectivity index (χ3n) is 2.33. The number of hydrogen-bond donors (Lipinski definition) is 2. The molecular formula is C12H13N3. The third kappa shape index (κ3) is 2.00. The molecule has 0 fully saturated rings. The van der Waals surface area contributed by atoms with Crippen LogP contribution < -0.4 is 5.32 Å². The molecule has 2 N–H and O–H groups in total. The molecule has 1 aromatic heterocycles. The molecule has 1 heterocycles. The fourth-order valence-electron chi connectivity index (χ4n) is 1.49. The quantitative estimate of drug-likeness (QED) is 0.741. The van der Waals surface area contributed by atoms with Gasteiger partial charge < -0.3 is 4.98 Å². The number of para-hydroxylation sites is 2. The Morgan fingerprint density at radius 3 is 3.07 bits per heavy atom. The Bertz CT molecular complexity index is 460. The summed E-state index contributed by atoms with van der Waals surface area (Å²) in [6.07, 6.45) is 5.19. The maximum atomic E-state index is 5.19. The van der Waals surface area contributed by atoms with Gasteiger partial charge in [0.1, 0.15) is 5.82 Å². The number of terminal acetylenes is 1. The number of nitrogens with one attached hydrogen (secondary N) is 2. The second-order valence-corrected chi connectivity index (χ2v) is 3.45. The SMILES string of the molecule is C#CCNC(C)c1nc2ccccc2[nH]1. The van der Waals surface area contributed by atoms with E-state index in [4.69, 9.17) is 6.42 Å². The number of imidazole rings is 1. The highest BCUT2D eigenvalue weighted by Gasteiger charge is 2.08. The number of aromatic nitrogens is 2. The van der Waals surface area contributed by atoms with Gasteiger partial charge in [0.25, 0.3) is 0 Å². The van der Waals surface area contributed by atoms with Gasteiger partial charge in [-0.3, -0.25) is 5.32 Å². The molecule has 15 heavy (non-hydrogen) atoms. The van der Waals surface area contributed by atoms with Gasteiger partial charge in [0.2, 0.25) is 0 Å². The first-order valence-electron chi connectivity index (χ1n) is 4.93. The van der Waals surface area contributed by atoms with Crippen molar-refractivity contribution in [1.29, 1.82) is 0 Å². The van der Waals surface area contributed by atoms with Gasteiger partial charge in [0, 0.05) is 0 Å². The minimum absolute atomic E-state index is 0.147. The summed E-state index contributed by atoms with van der Waals surface area (Å²) in [5.41, 5.74) is 2.05. The van der Waals surface area contributed by atoms with Gasteiger partial charge in [0.15, 0.2) is 0 Å². The van der Waals surface area contributed by atoms with E-state index in [1.165, 1.54) is 0 Å². The average Bonchev–Trinajstić information content (AvgIpc) is 2.69. The molecule has 76 valence electrons. The molecule has 0 aliphatic carbocycles. The average molecular weight is 199 g/mol. The van der Waals surface area contributed by atoms with E-state index in [0.717, 1.165) is 16.9 Å². The van der Waals surface area contributed by atoms with Crippen molar-refractivity contribution in [2.24, 2.45) is 0 Å². The predicted molar refractivity (Wildman–Crippen MR) is 61.3 cm³/mol. The van der Waals surface area contributed by atoms with Gasteiger partial charge in [0.05, 0.1) is 23.6 Å². The molecule has 3 nitrogen and oxygen atoms in total. The van der Waals surface area contributed by atoms with Gasteiger partial charge >= 0.3 is 0 Å². The van der Waals surface area contributed by atoms with Crippen molar-refractivity contribution in [3.63, 3.8) is 0 Å². The van der Waals surface area contributed by atoms with E-state index < -0.39 is 0 Å². The van der Waals surface area contributed by atoms with Crippen LogP contribution in [0.4, 0.5) is 0 Å². The van der Waals surface area contributed by atoms with Crippen LogP contribution in [-0.4, -0.2) is 16.5 Å². The summed E-state index contributed by atoms with van der Waals surface area (Å²) < 4.78 is 0. The predicted octanol–water partition coefficient (Wildman–Crippen LogP) is 1.85. The van der Waals surface area contributed by atoms with Crippen LogP contribution in [0.1, 0.15) is 18.8 Å². The standard InChI is InChI=1S/C12H13N3/c1-3-8-13-9(2)12-14-10-6-4-5-7-11(10)15-12/h1,4-7,9,13H,8H2,2H3,(H,14,15). The van der Waals surface area contributed by atoms with Crippen LogP contribution in [-0.2, 0) is 0 Å². The first kappa shape index (κ1) is 9.75. The lowest BCUT2D eigenvalue weighted by Gasteiger charge is -2.07. The molecule has 0 amide bonds. The van der Waals surface area contributed by atoms with Crippen LogP contribution in [0.5, 0.6) is 0 Å². The Morgan fingerprint density at radius 1 is 1.53 bits per heavy atom. The highest BCUT2D eigenvalue weighted by molar-refractivity contribution is 5.74. The highest BCUT2D eigenvalue weighted by atomic mass is 15.0. The lowest BCUT2D eigenvalue weighted by Crippen LogP contribution is -2.19. The van der Waals surface area contributed by atoms with E-state index in [-0.39, 0.29) is 6.04 Å². The van der Waals surface area contributed by atoms with Crippen LogP contribution in [0.3, 0.4) is 0 Å². The zero-order chi connectivity index (χ0) is 10.7. The number of rotatable bonds is 3. The van der Waals surface area contributed by atoms with Gasteiger partial charge in [-0.2, -0.15) is 0 Å².